The van der Waals surface area contributed by atoms with Crippen LogP contribution in [0.15, 0.2) is 84.5 Å². The summed E-state index contributed by atoms with van der Waals surface area (Å²) in [5.41, 5.74) is 4.88. The molecule has 2 aromatic rings. The lowest BCUT2D eigenvalue weighted by Gasteiger charge is -2.32. The van der Waals surface area contributed by atoms with E-state index in [0.29, 0.717) is 24.8 Å². The number of nitrogens with one attached hydrogen (secondary N) is 1. The fourth-order valence-corrected chi connectivity index (χ4v) is 6.11. The molecule has 236 valence electrons. The first-order valence-corrected chi connectivity index (χ1v) is 16.4. The first-order valence-electron chi connectivity index (χ1n) is 16.4. The highest BCUT2D eigenvalue weighted by Crippen LogP contribution is 2.39. The van der Waals surface area contributed by atoms with Crippen LogP contribution in [-0.2, 0) is 9.59 Å². The van der Waals surface area contributed by atoms with E-state index in [1.54, 1.807) is 0 Å². The average molecular weight is 588 g/mol. The molecular weight excluding hydrogens is 530 g/mol. The maximum absolute atomic E-state index is 12.8. The van der Waals surface area contributed by atoms with E-state index in [1.807, 2.05) is 18.2 Å². The zero-order chi connectivity index (χ0) is 31.8. The third-order valence-corrected chi connectivity index (χ3v) is 8.91. The van der Waals surface area contributed by atoms with E-state index in [0.717, 1.165) is 50.5 Å². The van der Waals surface area contributed by atoms with Crippen LogP contribution in [0.4, 0.5) is 0 Å². The minimum absolute atomic E-state index is 0.0141. The van der Waals surface area contributed by atoms with Gasteiger partial charge in [-0.2, -0.15) is 0 Å². The molecule has 43 heavy (non-hydrogen) atoms. The molecule has 2 N–H and O–H groups in total. The van der Waals surface area contributed by atoms with Gasteiger partial charge in [-0.3, -0.25) is 9.59 Å². The SMILES string of the molecule is C=C(CC(C)(C)C/C=C(\C)CC(CC)c1ccccc1)C(CCC(C)c1ccccc1)C(CC(=O)NCCCC)C(=O)O. The van der Waals surface area contributed by atoms with Crippen LogP contribution in [0.3, 0.4) is 0 Å². The van der Waals surface area contributed by atoms with Crippen LogP contribution in [0, 0.1) is 17.3 Å². The Bertz CT molecular complexity index is 1150. The van der Waals surface area contributed by atoms with Gasteiger partial charge in [0.2, 0.25) is 5.91 Å². The van der Waals surface area contributed by atoms with Crippen LogP contribution < -0.4 is 5.32 Å². The molecule has 4 atom stereocenters. The van der Waals surface area contributed by atoms with Crippen molar-refractivity contribution in [2.45, 2.75) is 111 Å². The molecule has 2 rings (SSSR count). The summed E-state index contributed by atoms with van der Waals surface area (Å²) in [5, 5.41) is 13.3. The molecular formula is C39H57NO3. The van der Waals surface area contributed by atoms with E-state index >= 15 is 0 Å². The van der Waals surface area contributed by atoms with Crippen LogP contribution in [-0.4, -0.2) is 23.5 Å². The molecule has 0 fully saturated rings. The highest BCUT2D eigenvalue weighted by Gasteiger charge is 2.34. The van der Waals surface area contributed by atoms with Crippen molar-refractivity contribution in [1.29, 1.82) is 0 Å². The summed E-state index contributed by atoms with van der Waals surface area (Å²) in [5.74, 6) is -1.36. The minimum Gasteiger partial charge on any atom is -0.481 e. The van der Waals surface area contributed by atoms with Gasteiger partial charge in [-0.05, 0) is 86.2 Å². The second-order valence-corrected chi connectivity index (χ2v) is 13.3. The van der Waals surface area contributed by atoms with Crippen molar-refractivity contribution in [3.05, 3.63) is 95.6 Å². The molecule has 1 amide bonds. The monoisotopic (exact) mass is 587 g/mol. The van der Waals surface area contributed by atoms with Gasteiger partial charge >= 0.3 is 5.97 Å². The number of hydrogen-bond donors (Lipinski definition) is 2. The van der Waals surface area contributed by atoms with Crippen LogP contribution in [0.2, 0.25) is 0 Å². The van der Waals surface area contributed by atoms with Crippen LogP contribution in [0.5, 0.6) is 0 Å². The van der Waals surface area contributed by atoms with E-state index in [-0.39, 0.29) is 23.7 Å². The van der Waals surface area contributed by atoms with Crippen molar-refractivity contribution in [1.82, 2.24) is 5.32 Å². The average Bonchev–Trinajstić information content (AvgIpc) is 2.99. The number of carbonyl (C=O) groups is 2. The third kappa shape index (κ3) is 12.9. The molecule has 0 aromatic heterocycles. The van der Waals surface area contributed by atoms with E-state index in [9.17, 15) is 14.7 Å². The zero-order valence-corrected chi connectivity index (χ0v) is 27.7. The van der Waals surface area contributed by atoms with E-state index in [4.69, 9.17) is 0 Å². The summed E-state index contributed by atoms with van der Waals surface area (Å²) < 4.78 is 0. The Balaban J connectivity index is 2.17. The van der Waals surface area contributed by atoms with E-state index in [2.05, 4.69) is 102 Å². The second kappa shape index (κ2) is 18.5. The number of aliphatic carboxylic acids is 1. The summed E-state index contributed by atoms with van der Waals surface area (Å²) in [6.07, 6.45) is 9.49. The van der Waals surface area contributed by atoms with Crippen molar-refractivity contribution in [2.24, 2.45) is 17.3 Å². The maximum atomic E-state index is 12.8. The molecule has 0 aliphatic heterocycles. The van der Waals surface area contributed by atoms with Gasteiger partial charge in [0.25, 0.3) is 0 Å². The largest absolute Gasteiger partial charge is 0.481 e. The molecule has 0 bridgehead atoms. The Hall–Kier alpha value is -3.14. The fraction of sp³-hybridized carbons (Fsp3) is 0.538. The normalized spacial score (nSPS) is 14.9. The molecule has 0 aliphatic rings. The first kappa shape index (κ1) is 36.1. The van der Waals surface area contributed by atoms with Gasteiger partial charge in [-0.1, -0.05) is 126 Å². The van der Waals surface area contributed by atoms with Gasteiger partial charge in [-0.15, -0.1) is 0 Å². The number of carbonyl (C=O) groups excluding carboxylic acids is 1. The van der Waals surface area contributed by atoms with E-state index < -0.39 is 11.9 Å². The molecule has 2 aromatic carbocycles. The van der Waals surface area contributed by atoms with Crippen molar-refractivity contribution in [2.75, 3.05) is 6.54 Å². The van der Waals surface area contributed by atoms with Crippen molar-refractivity contribution in [3.63, 3.8) is 0 Å². The lowest BCUT2D eigenvalue weighted by Crippen LogP contribution is -2.34. The summed E-state index contributed by atoms with van der Waals surface area (Å²) in [7, 11) is 0. The molecule has 4 unspecified atom stereocenters. The topological polar surface area (TPSA) is 66.4 Å². The number of carboxylic acid groups (broad SMARTS) is 1. The number of unbranched alkanes of at least 4 members (excludes halogenated alkanes) is 1. The zero-order valence-electron chi connectivity index (χ0n) is 27.7. The minimum atomic E-state index is -0.913. The molecule has 4 nitrogen and oxygen atoms in total. The Morgan fingerprint density at radius 2 is 1.53 bits per heavy atom. The Kier molecular flexibility index (Phi) is 15.5. The predicted molar refractivity (Wildman–Crippen MR) is 181 cm³/mol. The van der Waals surface area contributed by atoms with E-state index in [1.165, 1.54) is 16.7 Å². The highest BCUT2D eigenvalue weighted by molar-refractivity contribution is 5.82. The number of rotatable bonds is 20. The number of hydrogen-bond acceptors (Lipinski definition) is 2. The highest BCUT2D eigenvalue weighted by atomic mass is 16.4. The Morgan fingerprint density at radius 1 is 0.930 bits per heavy atom. The third-order valence-electron chi connectivity index (χ3n) is 8.91. The van der Waals surface area contributed by atoms with Crippen molar-refractivity contribution < 1.29 is 14.7 Å². The smallest absolute Gasteiger partial charge is 0.307 e. The quantitative estimate of drug-likeness (QED) is 0.120. The summed E-state index contributed by atoms with van der Waals surface area (Å²) in [6.45, 7) is 18.3. The fourth-order valence-electron chi connectivity index (χ4n) is 6.11. The summed E-state index contributed by atoms with van der Waals surface area (Å²) in [4.78, 5) is 25.4. The maximum Gasteiger partial charge on any atom is 0.307 e. The first-order chi connectivity index (χ1) is 20.5. The lowest BCUT2D eigenvalue weighted by molar-refractivity contribution is -0.145. The molecule has 0 heterocycles. The number of amides is 1. The molecule has 0 aliphatic carbocycles. The summed E-state index contributed by atoms with van der Waals surface area (Å²) >= 11 is 0. The number of benzene rings is 2. The van der Waals surface area contributed by atoms with Crippen LogP contribution >= 0.6 is 0 Å². The molecule has 4 heteroatoms. The van der Waals surface area contributed by atoms with Gasteiger partial charge in [0.15, 0.2) is 0 Å². The van der Waals surface area contributed by atoms with Gasteiger partial charge in [0, 0.05) is 13.0 Å². The lowest BCUT2D eigenvalue weighted by atomic mass is 9.72. The van der Waals surface area contributed by atoms with Crippen molar-refractivity contribution in [3.8, 4) is 0 Å². The van der Waals surface area contributed by atoms with Crippen LogP contribution in [0.25, 0.3) is 0 Å². The molecule has 0 spiro atoms. The van der Waals surface area contributed by atoms with Crippen molar-refractivity contribution >= 4 is 11.9 Å². The van der Waals surface area contributed by atoms with Gasteiger partial charge < -0.3 is 10.4 Å². The van der Waals surface area contributed by atoms with Crippen LogP contribution in [0.1, 0.15) is 122 Å². The standard InChI is InChI=1S/C39H57NO3/c1-8-10-25-40-37(41)27-36(38(42)43)35(22-21-30(4)33-17-13-11-14-18-33)31(5)28-39(6,7)24-23-29(3)26-32(9-2)34-19-15-12-16-20-34/h11-20,23,30,32,35-36H,5,8-10,21-22,24-28H2,1-4,6-7H3,(H,40,41)(H,42,43)/b29-23+. The molecule has 0 saturated heterocycles. The van der Waals surface area contributed by atoms with Gasteiger partial charge in [0.1, 0.15) is 0 Å². The second-order valence-electron chi connectivity index (χ2n) is 13.3. The number of carboxylic acids is 1. The van der Waals surface area contributed by atoms with Gasteiger partial charge in [-0.25, -0.2) is 0 Å². The molecule has 0 radical (unpaired) electrons. The molecule has 0 saturated carbocycles. The number of allylic oxidation sites excluding steroid dienone is 3. The predicted octanol–water partition coefficient (Wildman–Crippen LogP) is 10.1. The van der Waals surface area contributed by atoms with Gasteiger partial charge in [0.05, 0.1) is 5.92 Å². The Morgan fingerprint density at radius 3 is 2.09 bits per heavy atom. The Labute approximate surface area is 262 Å². The summed E-state index contributed by atoms with van der Waals surface area (Å²) in [6, 6.07) is 21.1.